The van der Waals surface area contributed by atoms with Crippen molar-refractivity contribution in [2.75, 3.05) is 0 Å². The number of benzene rings is 3. The molecule has 0 aromatic heterocycles. The minimum absolute atomic E-state index is 0.349. The lowest BCUT2D eigenvalue weighted by Crippen LogP contribution is -2.30. The van der Waals surface area contributed by atoms with Crippen LogP contribution in [0, 0.1) is 0 Å². The van der Waals surface area contributed by atoms with Crippen molar-refractivity contribution in [1.29, 1.82) is 0 Å². The number of rotatable bonds is 6. The Bertz CT molecular complexity index is 1050. The molecule has 2 heteroatoms. The van der Waals surface area contributed by atoms with Crippen LogP contribution < -0.4 is 9.47 Å². The van der Waals surface area contributed by atoms with E-state index in [-0.39, 0.29) is 5.41 Å². The van der Waals surface area contributed by atoms with Crippen LogP contribution >= 0.6 is 0 Å². The Hall–Kier alpha value is -3.78. The summed E-state index contributed by atoms with van der Waals surface area (Å²) in [6.07, 6.45) is 13.4. The molecule has 0 amide bonds. The molecule has 0 radical (unpaired) electrons. The molecule has 4 rings (SSSR count). The molecular weight excluding hydrogens is 380 g/mol. The van der Waals surface area contributed by atoms with Crippen LogP contribution in [0.25, 0.3) is 0 Å². The molecule has 31 heavy (non-hydrogen) atoms. The first-order valence-electron chi connectivity index (χ1n) is 10.4. The summed E-state index contributed by atoms with van der Waals surface area (Å²) < 4.78 is 11.0. The standard InChI is InChI=1S/C29H26O2/c1-3-30-26-18-14-24(15-19-26)29(25-16-20-27(21-17-25)31-4-2)22-10-6-5-7-11-23-12-8-9-13-28(23)29/h3-10,12-21H,1-2,11,22H2/b7-5-,10-6-. The summed E-state index contributed by atoms with van der Waals surface area (Å²) in [5.74, 6) is 1.55. The number of allylic oxidation sites excluding steroid dienone is 4. The van der Waals surface area contributed by atoms with Gasteiger partial charge in [-0.25, -0.2) is 0 Å². The average molecular weight is 407 g/mol. The number of hydrogen-bond donors (Lipinski definition) is 0. The van der Waals surface area contributed by atoms with Gasteiger partial charge in [-0.2, -0.15) is 0 Å². The lowest BCUT2D eigenvalue weighted by atomic mass is 9.66. The molecule has 2 nitrogen and oxygen atoms in total. The SMILES string of the molecule is C=COc1ccc(C2(c3ccc(OC=C)cc3)C/C=C\C=C/Cc3ccccc32)cc1. The topological polar surface area (TPSA) is 18.5 Å². The Kier molecular flexibility index (Phi) is 6.18. The fourth-order valence-electron chi connectivity index (χ4n) is 4.36. The molecule has 0 saturated carbocycles. The lowest BCUT2D eigenvalue weighted by Gasteiger charge is -2.37. The quantitative estimate of drug-likeness (QED) is 0.406. The molecule has 0 spiro atoms. The summed E-state index contributed by atoms with van der Waals surface area (Å²) in [4.78, 5) is 0. The molecule has 0 bridgehead atoms. The highest BCUT2D eigenvalue weighted by molar-refractivity contribution is 5.56. The van der Waals surface area contributed by atoms with E-state index < -0.39 is 0 Å². The third-order valence-electron chi connectivity index (χ3n) is 5.76. The second-order valence-corrected chi connectivity index (χ2v) is 7.44. The van der Waals surface area contributed by atoms with Crippen molar-refractivity contribution in [3.8, 4) is 11.5 Å². The third-order valence-corrected chi connectivity index (χ3v) is 5.76. The summed E-state index contributed by atoms with van der Waals surface area (Å²) in [7, 11) is 0. The Morgan fingerprint density at radius 2 is 1.23 bits per heavy atom. The van der Waals surface area contributed by atoms with Crippen molar-refractivity contribution < 1.29 is 9.47 Å². The monoisotopic (exact) mass is 406 g/mol. The molecule has 1 aliphatic rings. The summed E-state index contributed by atoms with van der Waals surface area (Å²) in [6, 6.07) is 25.4. The predicted molar refractivity (Wildman–Crippen MR) is 127 cm³/mol. The van der Waals surface area contributed by atoms with Crippen LogP contribution in [0.2, 0.25) is 0 Å². The van der Waals surface area contributed by atoms with E-state index in [9.17, 15) is 0 Å². The van der Waals surface area contributed by atoms with Crippen LogP contribution in [-0.4, -0.2) is 0 Å². The van der Waals surface area contributed by atoms with E-state index in [1.165, 1.54) is 34.8 Å². The van der Waals surface area contributed by atoms with Crippen molar-refractivity contribution in [2.45, 2.75) is 18.3 Å². The smallest absolute Gasteiger partial charge is 0.126 e. The third kappa shape index (κ3) is 4.10. The van der Waals surface area contributed by atoms with E-state index in [1.807, 2.05) is 24.3 Å². The molecule has 0 fully saturated rings. The van der Waals surface area contributed by atoms with Gasteiger partial charge in [-0.15, -0.1) is 0 Å². The molecule has 154 valence electrons. The molecule has 0 N–H and O–H groups in total. The Labute approximate surface area is 184 Å². The minimum Gasteiger partial charge on any atom is -0.466 e. The van der Waals surface area contributed by atoms with Crippen LogP contribution in [-0.2, 0) is 11.8 Å². The first kappa shape index (κ1) is 20.5. The summed E-state index contributed by atoms with van der Waals surface area (Å²) in [5, 5.41) is 0. The average Bonchev–Trinajstić information content (AvgIpc) is 2.90. The van der Waals surface area contributed by atoms with Gasteiger partial charge >= 0.3 is 0 Å². The molecule has 3 aromatic carbocycles. The normalized spacial score (nSPS) is 16.5. The molecular formula is C29H26O2. The van der Waals surface area contributed by atoms with Crippen molar-refractivity contribution in [3.63, 3.8) is 0 Å². The van der Waals surface area contributed by atoms with Crippen LogP contribution in [0.3, 0.4) is 0 Å². The van der Waals surface area contributed by atoms with Gasteiger partial charge in [0.15, 0.2) is 0 Å². The van der Waals surface area contributed by atoms with Gasteiger partial charge < -0.3 is 9.47 Å². The fourth-order valence-corrected chi connectivity index (χ4v) is 4.36. The van der Waals surface area contributed by atoms with E-state index in [0.29, 0.717) is 0 Å². The highest BCUT2D eigenvalue weighted by atomic mass is 16.5. The maximum Gasteiger partial charge on any atom is 0.126 e. The number of ether oxygens (including phenoxy) is 2. The zero-order chi connectivity index (χ0) is 21.5. The maximum absolute atomic E-state index is 5.48. The zero-order valence-electron chi connectivity index (χ0n) is 17.5. The molecule has 3 aromatic rings. The first-order chi connectivity index (χ1) is 15.3. The van der Waals surface area contributed by atoms with Gasteiger partial charge in [0, 0.05) is 5.41 Å². The highest BCUT2D eigenvalue weighted by Crippen LogP contribution is 2.45. The Morgan fingerprint density at radius 3 is 1.81 bits per heavy atom. The van der Waals surface area contributed by atoms with Gasteiger partial charge in [-0.3, -0.25) is 0 Å². The first-order valence-corrected chi connectivity index (χ1v) is 10.4. The van der Waals surface area contributed by atoms with Gasteiger partial charge in [0.1, 0.15) is 11.5 Å². The molecule has 0 aliphatic heterocycles. The van der Waals surface area contributed by atoms with Gasteiger partial charge in [0.05, 0.1) is 12.5 Å². The summed E-state index contributed by atoms with van der Waals surface area (Å²) in [6.45, 7) is 7.32. The molecule has 0 saturated heterocycles. The zero-order valence-corrected chi connectivity index (χ0v) is 17.5. The predicted octanol–water partition coefficient (Wildman–Crippen LogP) is 7.12. The molecule has 0 atom stereocenters. The van der Waals surface area contributed by atoms with E-state index in [0.717, 1.165) is 24.3 Å². The van der Waals surface area contributed by atoms with Crippen LogP contribution in [0.5, 0.6) is 11.5 Å². The van der Waals surface area contributed by atoms with E-state index >= 15 is 0 Å². The van der Waals surface area contributed by atoms with Gasteiger partial charge in [0.25, 0.3) is 0 Å². The van der Waals surface area contributed by atoms with Gasteiger partial charge in [-0.05, 0) is 59.4 Å². The van der Waals surface area contributed by atoms with Crippen LogP contribution in [0.15, 0.2) is 123 Å². The van der Waals surface area contributed by atoms with Crippen molar-refractivity contribution in [1.82, 2.24) is 0 Å². The van der Waals surface area contributed by atoms with E-state index in [1.54, 1.807) is 0 Å². The number of hydrogen-bond acceptors (Lipinski definition) is 2. The van der Waals surface area contributed by atoms with E-state index in [4.69, 9.17) is 9.47 Å². The Balaban J connectivity index is 1.96. The maximum atomic E-state index is 5.48. The second-order valence-electron chi connectivity index (χ2n) is 7.44. The van der Waals surface area contributed by atoms with Crippen molar-refractivity contribution in [3.05, 3.63) is 145 Å². The fraction of sp³-hybridized carbons (Fsp3) is 0.103. The molecule has 1 aliphatic carbocycles. The van der Waals surface area contributed by atoms with E-state index in [2.05, 4.69) is 86.0 Å². The summed E-state index contributed by atoms with van der Waals surface area (Å²) in [5.41, 5.74) is 4.69. The van der Waals surface area contributed by atoms with Crippen LogP contribution in [0.1, 0.15) is 28.7 Å². The van der Waals surface area contributed by atoms with Gasteiger partial charge in [-0.1, -0.05) is 86.0 Å². The largest absolute Gasteiger partial charge is 0.466 e. The summed E-state index contributed by atoms with van der Waals surface area (Å²) >= 11 is 0. The van der Waals surface area contributed by atoms with Crippen LogP contribution in [0.4, 0.5) is 0 Å². The molecule has 0 heterocycles. The van der Waals surface area contributed by atoms with Crippen molar-refractivity contribution >= 4 is 0 Å². The Morgan fingerprint density at radius 1 is 0.677 bits per heavy atom. The lowest BCUT2D eigenvalue weighted by molar-refractivity contribution is 0.481. The van der Waals surface area contributed by atoms with Crippen molar-refractivity contribution in [2.24, 2.45) is 0 Å². The van der Waals surface area contributed by atoms with Gasteiger partial charge in [0.2, 0.25) is 0 Å². The second kappa shape index (κ2) is 9.36. The molecule has 0 unspecified atom stereocenters. The number of fused-ring (bicyclic) bond motifs is 1. The minimum atomic E-state index is -0.349. The highest BCUT2D eigenvalue weighted by Gasteiger charge is 2.37.